The average molecular weight is 263 g/mol. The van der Waals surface area contributed by atoms with E-state index in [0.29, 0.717) is 19.4 Å². The number of unbranched alkanes of at least 4 members (excludes halogenated alkanes) is 1. The fourth-order valence-electron chi connectivity index (χ4n) is 1.63. The number of hydrogen-bond donors (Lipinski definition) is 3. The minimum absolute atomic E-state index is 0.00694. The van der Waals surface area contributed by atoms with Crippen molar-refractivity contribution in [1.29, 1.82) is 0 Å². The van der Waals surface area contributed by atoms with Gasteiger partial charge in [0.2, 0.25) is 11.8 Å². The summed E-state index contributed by atoms with van der Waals surface area (Å²) in [6.07, 6.45) is 2.49. The number of amides is 2. The largest absolute Gasteiger partial charge is 0.359 e. The summed E-state index contributed by atoms with van der Waals surface area (Å²) in [7, 11) is 1.61. The number of carbonyl (C=O) groups is 2. The minimum atomic E-state index is -0.0291. The number of likely N-dealkylation sites (N-methyl/N-ethyl adjacent to an activating group) is 1. The molecule has 4 N–H and O–H groups in total. The maximum Gasteiger partial charge on any atom is 0.224 e. The van der Waals surface area contributed by atoms with Crippen molar-refractivity contribution in [2.75, 3.05) is 18.9 Å². The van der Waals surface area contributed by atoms with Crippen molar-refractivity contribution in [3.63, 3.8) is 0 Å². The fraction of sp³-hybridized carbons (Fsp3) is 0.429. The lowest BCUT2D eigenvalue weighted by Gasteiger charge is -2.06. The van der Waals surface area contributed by atoms with Crippen LogP contribution in [0.5, 0.6) is 0 Å². The lowest BCUT2D eigenvalue weighted by molar-refractivity contribution is -0.120. The van der Waals surface area contributed by atoms with Gasteiger partial charge in [-0.25, -0.2) is 0 Å². The third-order valence-electron chi connectivity index (χ3n) is 2.74. The Morgan fingerprint density at radius 2 is 1.79 bits per heavy atom. The van der Waals surface area contributed by atoms with Gasteiger partial charge in [-0.2, -0.15) is 0 Å². The lowest BCUT2D eigenvalue weighted by Crippen LogP contribution is -2.19. The number of benzene rings is 1. The van der Waals surface area contributed by atoms with E-state index < -0.39 is 0 Å². The highest BCUT2D eigenvalue weighted by Gasteiger charge is 2.03. The SMILES string of the molecule is CNC(=O)Cc1ccc(NC(=O)CCCCN)cc1. The zero-order valence-corrected chi connectivity index (χ0v) is 11.2. The van der Waals surface area contributed by atoms with E-state index >= 15 is 0 Å². The molecule has 1 aromatic rings. The maximum absolute atomic E-state index is 11.6. The first kappa shape index (κ1) is 15.2. The van der Waals surface area contributed by atoms with Crippen LogP contribution < -0.4 is 16.4 Å². The van der Waals surface area contributed by atoms with Crippen LogP contribution in [0.1, 0.15) is 24.8 Å². The second-order valence-corrected chi connectivity index (χ2v) is 4.34. The number of carbonyl (C=O) groups excluding carboxylic acids is 2. The quantitative estimate of drug-likeness (QED) is 0.643. The van der Waals surface area contributed by atoms with Gasteiger partial charge in [0.25, 0.3) is 0 Å². The first-order valence-corrected chi connectivity index (χ1v) is 6.45. The van der Waals surface area contributed by atoms with Crippen molar-refractivity contribution in [3.05, 3.63) is 29.8 Å². The van der Waals surface area contributed by atoms with Gasteiger partial charge in [-0.3, -0.25) is 9.59 Å². The molecular weight excluding hydrogens is 242 g/mol. The standard InChI is InChI=1S/C14H21N3O2/c1-16-14(19)10-11-5-7-12(8-6-11)17-13(18)4-2-3-9-15/h5-8H,2-4,9-10,15H2,1H3,(H,16,19)(H,17,18). The summed E-state index contributed by atoms with van der Waals surface area (Å²) < 4.78 is 0. The van der Waals surface area contributed by atoms with Crippen LogP contribution in [0.2, 0.25) is 0 Å². The first-order chi connectivity index (χ1) is 9.15. The van der Waals surface area contributed by atoms with Gasteiger partial charge in [-0.05, 0) is 37.1 Å². The molecule has 0 aliphatic rings. The number of anilines is 1. The van der Waals surface area contributed by atoms with Crippen LogP contribution in [0, 0.1) is 0 Å². The van der Waals surface area contributed by atoms with Crippen LogP contribution >= 0.6 is 0 Å². The summed E-state index contributed by atoms with van der Waals surface area (Å²) in [5.74, 6) is -0.0360. The molecule has 0 saturated heterocycles. The zero-order valence-electron chi connectivity index (χ0n) is 11.2. The molecule has 5 heteroatoms. The van der Waals surface area contributed by atoms with E-state index in [1.807, 2.05) is 12.1 Å². The van der Waals surface area contributed by atoms with E-state index in [2.05, 4.69) is 10.6 Å². The summed E-state index contributed by atoms with van der Waals surface area (Å²) in [5, 5.41) is 5.39. The predicted molar refractivity (Wildman–Crippen MR) is 75.7 cm³/mol. The summed E-state index contributed by atoms with van der Waals surface area (Å²) in [4.78, 5) is 22.8. The Hall–Kier alpha value is -1.88. The Balaban J connectivity index is 2.43. The van der Waals surface area contributed by atoms with Crippen molar-refractivity contribution >= 4 is 17.5 Å². The average Bonchev–Trinajstić information content (AvgIpc) is 2.41. The molecule has 0 unspecified atom stereocenters. The number of nitrogens with two attached hydrogens (primary N) is 1. The van der Waals surface area contributed by atoms with Crippen molar-refractivity contribution in [1.82, 2.24) is 5.32 Å². The molecule has 0 saturated carbocycles. The monoisotopic (exact) mass is 263 g/mol. The van der Waals surface area contributed by atoms with Crippen molar-refractivity contribution < 1.29 is 9.59 Å². The van der Waals surface area contributed by atoms with Gasteiger partial charge >= 0.3 is 0 Å². The molecule has 0 spiro atoms. The fourth-order valence-corrected chi connectivity index (χ4v) is 1.63. The van der Waals surface area contributed by atoms with E-state index in [1.54, 1.807) is 19.2 Å². The van der Waals surface area contributed by atoms with Crippen LogP contribution in [0.4, 0.5) is 5.69 Å². The summed E-state index contributed by atoms with van der Waals surface area (Å²) >= 11 is 0. The zero-order chi connectivity index (χ0) is 14.1. The van der Waals surface area contributed by atoms with Gasteiger partial charge in [-0.1, -0.05) is 12.1 Å². The molecule has 0 heterocycles. The Labute approximate surface area is 113 Å². The van der Waals surface area contributed by atoms with Crippen molar-refractivity contribution in [3.8, 4) is 0 Å². The molecule has 104 valence electrons. The molecule has 0 aliphatic carbocycles. The first-order valence-electron chi connectivity index (χ1n) is 6.45. The predicted octanol–water partition coefficient (Wildman–Crippen LogP) is 1.04. The topological polar surface area (TPSA) is 84.2 Å². The number of rotatable bonds is 7. The summed E-state index contributed by atoms with van der Waals surface area (Å²) in [6, 6.07) is 7.29. The molecule has 0 aromatic heterocycles. The van der Waals surface area contributed by atoms with Gasteiger partial charge < -0.3 is 16.4 Å². The molecule has 0 bridgehead atoms. The van der Waals surface area contributed by atoms with E-state index in [1.165, 1.54) is 0 Å². The van der Waals surface area contributed by atoms with Gasteiger partial charge in [0.15, 0.2) is 0 Å². The molecule has 5 nitrogen and oxygen atoms in total. The van der Waals surface area contributed by atoms with Gasteiger partial charge in [0, 0.05) is 19.2 Å². The number of hydrogen-bond acceptors (Lipinski definition) is 3. The van der Waals surface area contributed by atoms with E-state index in [-0.39, 0.29) is 11.8 Å². The normalized spacial score (nSPS) is 10.0. The summed E-state index contributed by atoms with van der Waals surface area (Å²) in [6.45, 7) is 0.613. The summed E-state index contributed by atoms with van der Waals surface area (Å²) in [5.41, 5.74) is 7.04. The van der Waals surface area contributed by atoms with Crippen molar-refractivity contribution in [2.45, 2.75) is 25.7 Å². The molecule has 2 amide bonds. The van der Waals surface area contributed by atoms with E-state index in [0.717, 1.165) is 24.1 Å². The maximum atomic E-state index is 11.6. The van der Waals surface area contributed by atoms with Gasteiger partial charge in [0.05, 0.1) is 6.42 Å². The molecule has 1 rings (SSSR count). The molecular formula is C14H21N3O2. The van der Waals surface area contributed by atoms with Crippen LogP contribution in [0.3, 0.4) is 0 Å². The molecule has 0 radical (unpaired) electrons. The van der Waals surface area contributed by atoms with Crippen LogP contribution in [-0.4, -0.2) is 25.4 Å². The molecule has 19 heavy (non-hydrogen) atoms. The lowest BCUT2D eigenvalue weighted by atomic mass is 10.1. The van der Waals surface area contributed by atoms with E-state index in [4.69, 9.17) is 5.73 Å². The Morgan fingerprint density at radius 1 is 1.11 bits per heavy atom. The molecule has 0 aliphatic heterocycles. The Bertz CT molecular complexity index is 415. The highest BCUT2D eigenvalue weighted by Crippen LogP contribution is 2.11. The smallest absolute Gasteiger partial charge is 0.224 e. The Morgan fingerprint density at radius 3 is 2.37 bits per heavy atom. The van der Waals surface area contributed by atoms with Gasteiger partial charge in [-0.15, -0.1) is 0 Å². The third kappa shape index (κ3) is 6.01. The van der Waals surface area contributed by atoms with Crippen LogP contribution in [-0.2, 0) is 16.0 Å². The molecule has 0 fully saturated rings. The third-order valence-corrected chi connectivity index (χ3v) is 2.74. The molecule has 1 aromatic carbocycles. The highest BCUT2D eigenvalue weighted by atomic mass is 16.2. The second kappa shape index (κ2) is 8.26. The van der Waals surface area contributed by atoms with Gasteiger partial charge in [0.1, 0.15) is 0 Å². The van der Waals surface area contributed by atoms with Crippen LogP contribution in [0.25, 0.3) is 0 Å². The Kier molecular flexibility index (Phi) is 6.60. The number of nitrogens with one attached hydrogen (secondary N) is 2. The van der Waals surface area contributed by atoms with E-state index in [9.17, 15) is 9.59 Å². The second-order valence-electron chi connectivity index (χ2n) is 4.34. The minimum Gasteiger partial charge on any atom is -0.359 e. The highest BCUT2D eigenvalue weighted by molar-refractivity contribution is 5.90. The van der Waals surface area contributed by atoms with Crippen molar-refractivity contribution in [2.24, 2.45) is 5.73 Å². The van der Waals surface area contributed by atoms with Crippen LogP contribution in [0.15, 0.2) is 24.3 Å². The molecule has 0 atom stereocenters.